The molecule has 0 aliphatic heterocycles. The second-order valence-corrected chi connectivity index (χ2v) is 6.29. The van der Waals surface area contributed by atoms with Crippen LogP contribution in [0.3, 0.4) is 0 Å². The predicted octanol–water partition coefficient (Wildman–Crippen LogP) is 3.97. The average Bonchev–Trinajstić information content (AvgIpc) is 2.35. The number of halogens is 1. The van der Waals surface area contributed by atoms with E-state index in [1.165, 1.54) is 0 Å². The van der Waals surface area contributed by atoms with Crippen molar-refractivity contribution in [1.29, 1.82) is 0 Å². The molecule has 0 radical (unpaired) electrons. The van der Waals surface area contributed by atoms with Crippen LogP contribution in [0.15, 0.2) is 4.47 Å². The summed E-state index contributed by atoms with van der Waals surface area (Å²) in [5.41, 5.74) is 0.961. The summed E-state index contributed by atoms with van der Waals surface area (Å²) in [7, 11) is 1.86. The largest absolute Gasteiger partial charge is 0.372 e. The van der Waals surface area contributed by atoms with Crippen molar-refractivity contribution in [3.63, 3.8) is 0 Å². The van der Waals surface area contributed by atoms with Gasteiger partial charge in [-0.1, -0.05) is 27.7 Å². The second kappa shape index (κ2) is 6.66. The van der Waals surface area contributed by atoms with Gasteiger partial charge in [-0.3, -0.25) is 0 Å². The number of nitrogens with zero attached hydrogens (tertiary/aromatic N) is 2. The van der Waals surface area contributed by atoms with Gasteiger partial charge in [0.15, 0.2) is 5.82 Å². The van der Waals surface area contributed by atoms with Crippen molar-refractivity contribution in [1.82, 2.24) is 9.97 Å². The van der Waals surface area contributed by atoms with E-state index in [0.717, 1.165) is 28.2 Å². The molecule has 1 N–H and O–H groups in total. The first kappa shape index (κ1) is 16.4. The summed E-state index contributed by atoms with van der Waals surface area (Å²) < 4.78 is 6.80. The smallest absolute Gasteiger partial charge is 0.160 e. The van der Waals surface area contributed by atoms with Gasteiger partial charge in [0, 0.05) is 13.7 Å². The lowest BCUT2D eigenvalue weighted by Gasteiger charge is -2.29. The number of anilines is 1. The van der Waals surface area contributed by atoms with E-state index in [1.54, 1.807) is 0 Å². The zero-order valence-corrected chi connectivity index (χ0v) is 14.3. The van der Waals surface area contributed by atoms with Gasteiger partial charge in [0.2, 0.25) is 0 Å². The van der Waals surface area contributed by atoms with E-state index in [1.807, 2.05) is 14.0 Å². The van der Waals surface area contributed by atoms with E-state index in [4.69, 9.17) is 4.74 Å². The molecule has 19 heavy (non-hydrogen) atoms. The van der Waals surface area contributed by atoms with Gasteiger partial charge >= 0.3 is 0 Å². The average molecular weight is 330 g/mol. The Morgan fingerprint density at radius 3 is 2.32 bits per heavy atom. The van der Waals surface area contributed by atoms with Gasteiger partial charge in [-0.25, -0.2) is 9.97 Å². The fraction of sp³-hybridized carbons (Fsp3) is 0.714. The SMILES string of the molecule is CCOC(c1nc(CC)c(Br)c(NC)n1)C(C)(C)C. The summed E-state index contributed by atoms with van der Waals surface area (Å²) in [5.74, 6) is 1.56. The summed E-state index contributed by atoms with van der Waals surface area (Å²) in [4.78, 5) is 9.25. The minimum absolute atomic E-state index is 0.0418. The van der Waals surface area contributed by atoms with Crippen molar-refractivity contribution in [3.8, 4) is 0 Å². The molecule has 5 heteroatoms. The molecule has 1 atom stereocenters. The standard InChI is InChI=1S/C14H24BrN3O/c1-7-9-10(15)12(16-6)18-13(17-9)11(19-8-2)14(3,4)5/h11H,7-8H2,1-6H3,(H,16,17,18). The van der Waals surface area contributed by atoms with Crippen LogP contribution in [-0.4, -0.2) is 23.6 Å². The number of ether oxygens (including phenoxy) is 1. The van der Waals surface area contributed by atoms with Crippen LogP contribution in [0.1, 0.15) is 52.2 Å². The second-order valence-electron chi connectivity index (χ2n) is 5.50. The molecule has 0 saturated heterocycles. The Morgan fingerprint density at radius 2 is 1.89 bits per heavy atom. The Morgan fingerprint density at radius 1 is 1.26 bits per heavy atom. The molecule has 1 rings (SSSR count). The molecule has 1 unspecified atom stereocenters. The minimum Gasteiger partial charge on any atom is -0.372 e. The predicted molar refractivity (Wildman–Crippen MR) is 82.5 cm³/mol. The first-order chi connectivity index (χ1) is 8.85. The highest BCUT2D eigenvalue weighted by molar-refractivity contribution is 9.10. The van der Waals surface area contributed by atoms with Gasteiger partial charge in [-0.15, -0.1) is 0 Å². The normalized spacial score (nSPS) is 13.4. The Bertz CT molecular complexity index is 404. The van der Waals surface area contributed by atoms with Crippen LogP contribution in [0.4, 0.5) is 5.82 Å². The fourth-order valence-corrected chi connectivity index (χ4v) is 2.56. The summed E-state index contributed by atoms with van der Waals surface area (Å²) in [6.07, 6.45) is 0.747. The third-order valence-electron chi connectivity index (χ3n) is 2.86. The molecule has 0 aromatic carbocycles. The van der Waals surface area contributed by atoms with Crippen LogP contribution in [0, 0.1) is 5.41 Å². The Hall–Kier alpha value is -0.680. The van der Waals surface area contributed by atoms with Crippen LogP contribution in [0.5, 0.6) is 0 Å². The number of aryl methyl sites for hydroxylation is 1. The molecule has 1 heterocycles. The van der Waals surface area contributed by atoms with E-state index in [9.17, 15) is 0 Å². The molecule has 108 valence electrons. The van der Waals surface area contributed by atoms with Crippen molar-refractivity contribution in [2.75, 3.05) is 19.0 Å². The Kier molecular flexibility index (Phi) is 5.74. The Labute approximate surface area is 124 Å². The molecule has 0 aliphatic rings. The molecule has 0 saturated carbocycles. The van der Waals surface area contributed by atoms with Gasteiger partial charge in [0.05, 0.1) is 10.2 Å². The van der Waals surface area contributed by atoms with Crippen LogP contribution in [0.2, 0.25) is 0 Å². The van der Waals surface area contributed by atoms with Crippen LogP contribution >= 0.6 is 15.9 Å². The van der Waals surface area contributed by atoms with E-state index in [2.05, 4.69) is 58.9 Å². The van der Waals surface area contributed by atoms with Crippen molar-refractivity contribution in [2.24, 2.45) is 5.41 Å². The molecule has 4 nitrogen and oxygen atoms in total. The number of hydrogen-bond acceptors (Lipinski definition) is 4. The number of rotatable bonds is 5. The van der Waals surface area contributed by atoms with Crippen molar-refractivity contribution < 1.29 is 4.74 Å². The quantitative estimate of drug-likeness (QED) is 0.887. The lowest BCUT2D eigenvalue weighted by atomic mass is 9.88. The number of hydrogen-bond donors (Lipinski definition) is 1. The van der Waals surface area contributed by atoms with E-state index >= 15 is 0 Å². The van der Waals surface area contributed by atoms with Gasteiger partial charge in [0.1, 0.15) is 11.9 Å². The highest BCUT2D eigenvalue weighted by Crippen LogP contribution is 2.36. The van der Waals surface area contributed by atoms with Crippen molar-refractivity contribution >= 4 is 21.7 Å². The molecular formula is C14H24BrN3O. The zero-order valence-electron chi connectivity index (χ0n) is 12.7. The number of aromatic nitrogens is 2. The molecule has 0 bridgehead atoms. The third kappa shape index (κ3) is 3.89. The van der Waals surface area contributed by atoms with E-state index in [0.29, 0.717) is 6.61 Å². The summed E-state index contributed by atoms with van der Waals surface area (Å²) in [6.45, 7) is 11.2. The topological polar surface area (TPSA) is 47.0 Å². The maximum atomic E-state index is 5.86. The molecule has 1 aromatic rings. The third-order valence-corrected chi connectivity index (χ3v) is 3.70. The van der Waals surface area contributed by atoms with Gasteiger partial charge in [0.25, 0.3) is 0 Å². The lowest BCUT2D eigenvalue weighted by molar-refractivity contribution is -0.0191. The molecule has 1 aromatic heterocycles. The van der Waals surface area contributed by atoms with E-state index < -0.39 is 0 Å². The fourth-order valence-electron chi connectivity index (χ4n) is 1.91. The minimum atomic E-state index is -0.108. The van der Waals surface area contributed by atoms with Crippen molar-refractivity contribution in [3.05, 3.63) is 16.0 Å². The van der Waals surface area contributed by atoms with E-state index in [-0.39, 0.29) is 11.5 Å². The molecule has 0 fully saturated rings. The summed E-state index contributed by atoms with van der Waals surface area (Å²) >= 11 is 3.55. The highest BCUT2D eigenvalue weighted by Gasteiger charge is 2.30. The monoisotopic (exact) mass is 329 g/mol. The molecule has 0 aliphatic carbocycles. The van der Waals surface area contributed by atoms with Crippen LogP contribution < -0.4 is 5.32 Å². The zero-order chi connectivity index (χ0) is 14.6. The van der Waals surface area contributed by atoms with Crippen LogP contribution in [0.25, 0.3) is 0 Å². The van der Waals surface area contributed by atoms with Crippen LogP contribution in [-0.2, 0) is 11.2 Å². The highest BCUT2D eigenvalue weighted by atomic mass is 79.9. The maximum absolute atomic E-state index is 5.86. The number of nitrogens with one attached hydrogen (secondary N) is 1. The molecule has 0 amide bonds. The molecule has 0 spiro atoms. The van der Waals surface area contributed by atoms with Gasteiger partial charge in [-0.2, -0.15) is 0 Å². The maximum Gasteiger partial charge on any atom is 0.160 e. The molecular weight excluding hydrogens is 306 g/mol. The summed E-state index contributed by atoms with van der Waals surface area (Å²) in [5, 5.41) is 3.11. The van der Waals surface area contributed by atoms with Crippen molar-refractivity contribution in [2.45, 2.75) is 47.1 Å². The van der Waals surface area contributed by atoms with Gasteiger partial charge in [-0.05, 0) is 34.7 Å². The Balaban J connectivity index is 3.31. The van der Waals surface area contributed by atoms with Gasteiger partial charge < -0.3 is 10.1 Å². The lowest BCUT2D eigenvalue weighted by Crippen LogP contribution is -2.24. The summed E-state index contributed by atoms with van der Waals surface area (Å²) in [6, 6.07) is 0. The first-order valence-corrected chi connectivity index (χ1v) is 7.50. The first-order valence-electron chi connectivity index (χ1n) is 6.70.